The van der Waals surface area contributed by atoms with Gasteiger partial charge in [0.2, 0.25) is 0 Å². The predicted octanol–water partition coefficient (Wildman–Crippen LogP) is 2.30. The Morgan fingerprint density at radius 3 is 2.48 bits per heavy atom. The van der Waals surface area contributed by atoms with Crippen LogP contribution in [0, 0.1) is 5.82 Å². The molecule has 5 nitrogen and oxygen atoms in total. The fourth-order valence-corrected chi connectivity index (χ4v) is 2.27. The number of anilines is 1. The maximum atomic E-state index is 13.0. The molecule has 0 aromatic heterocycles. The number of hydrogen-bond acceptors (Lipinski definition) is 3. The van der Waals surface area contributed by atoms with Crippen LogP contribution in [0.3, 0.4) is 0 Å². The molecule has 0 unspecified atom stereocenters. The Balaban J connectivity index is 1.95. The first-order valence-corrected chi connectivity index (χ1v) is 6.86. The summed E-state index contributed by atoms with van der Waals surface area (Å²) in [6, 6.07) is 12.3. The van der Waals surface area contributed by atoms with Gasteiger partial charge in [-0.3, -0.25) is 15.0 Å². The molecule has 23 heavy (non-hydrogen) atoms. The summed E-state index contributed by atoms with van der Waals surface area (Å²) in [5, 5.41) is 1.09. The van der Waals surface area contributed by atoms with Crippen molar-refractivity contribution < 1.29 is 18.7 Å². The van der Waals surface area contributed by atoms with Crippen molar-refractivity contribution in [2.45, 2.75) is 0 Å². The third-order valence-corrected chi connectivity index (χ3v) is 3.42. The van der Waals surface area contributed by atoms with Gasteiger partial charge in [0.25, 0.3) is 11.8 Å². The van der Waals surface area contributed by atoms with Gasteiger partial charge >= 0.3 is 0 Å². The zero-order valence-corrected chi connectivity index (χ0v) is 12.2. The van der Waals surface area contributed by atoms with E-state index in [-0.39, 0.29) is 5.57 Å². The van der Waals surface area contributed by atoms with E-state index in [1.165, 1.54) is 37.5 Å². The minimum Gasteiger partial charge on any atom is -0.496 e. The molecule has 1 saturated heterocycles. The van der Waals surface area contributed by atoms with E-state index < -0.39 is 17.6 Å². The number of ether oxygens (including phenoxy) is 1. The van der Waals surface area contributed by atoms with Crippen molar-refractivity contribution in [3.05, 3.63) is 65.5 Å². The molecule has 0 bridgehead atoms. The Hall–Kier alpha value is -3.15. The lowest BCUT2D eigenvalue weighted by molar-refractivity contribution is -0.117. The van der Waals surface area contributed by atoms with Crippen LogP contribution in [-0.2, 0) is 9.59 Å². The fraction of sp³-hybridized carbons (Fsp3) is 0.0588. The second-order valence-electron chi connectivity index (χ2n) is 4.86. The molecule has 6 heteroatoms. The Morgan fingerprint density at radius 1 is 1.09 bits per heavy atom. The first-order valence-electron chi connectivity index (χ1n) is 6.86. The third-order valence-electron chi connectivity index (χ3n) is 3.42. The van der Waals surface area contributed by atoms with Crippen molar-refractivity contribution >= 4 is 23.6 Å². The number of hydrazine groups is 1. The van der Waals surface area contributed by atoms with E-state index in [9.17, 15) is 14.0 Å². The van der Waals surface area contributed by atoms with Crippen molar-refractivity contribution in [2.75, 3.05) is 12.1 Å². The van der Waals surface area contributed by atoms with E-state index in [1.54, 1.807) is 24.3 Å². The van der Waals surface area contributed by atoms with Gasteiger partial charge in [-0.2, -0.15) is 0 Å². The van der Waals surface area contributed by atoms with Crippen LogP contribution >= 0.6 is 0 Å². The predicted molar refractivity (Wildman–Crippen MR) is 83.0 cm³/mol. The highest BCUT2D eigenvalue weighted by molar-refractivity contribution is 6.31. The third kappa shape index (κ3) is 2.78. The number of halogens is 1. The topological polar surface area (TPSA) is 58.6 Å². The minimum atomic E-state index is -0.523. The van der Waals surface area contributed by atoms with Gasteiger partial charge in [-0.05, 0) is 36.4 Å². The second-order valence-corrected chi connectivity index (χ2v) is 4.86. The second kappa shape index (κ2) is 5.92. The Morgan fingerprint density at radius 2 is 1.78 bits per heavy atom. The molecule has 0 radical (unpaired) electrons. The maximum Gasteiger partial charge on any atom is 0.282 e. The zero-order valence-electron chi connectivity index (χ0n) is 12.2. The molecule has 1 heterocycles. The number of hydrogen-bond donors (Lipinski definition) is 1. The van der Waals surface area contributed by atoms with Gasteiger partial charge in [0.1, 0.15) is 17.1 Å². The Bertz CT molecular complexity index is 800. The van der Waals surface area contributed by atoms with Crippen LogP contribution in [0.1, 0.15) is 5.56 Å². The smallest absolute Gasteiger partial charge is 0.282 e. The van der Waals surface area contributed by atoms with Crippen LogP contribution in [0.5, 0.6) is 5.75 Å². The molecular formula is C17H13FN2O3. The number of carbonyl (C=O) groups is 2. The van der Waals surface area contributed by atoms with Crippen molar-refractivity contribution in [1.29, 1.82) is 0 Å². The molecule has 1 aliphatic rings. The van der Waals surface area contributed by atoms with Crippen LogP contribution in [0.15, 0.2) is 54.1 Å². The van der Waals surface area contributed by atoms with E-state index in [2.05, 4.69) is 5.43 Å². The van der Waals surface area contributed by atoms with Gasteiger partial charge in [-0.15, -0.1) is 0 Å². The van der Waals surface area contributed by atoms with Crippen LogP contribution in [0.2, 0.25) is 0 Å². The summed E-state index contributed by atoms with van der Waals surface area (Å²) in [7, 11) is 1.51. The SMILES string of the molecule is COc1ccccc1/C=C1/C(=O)NN(c2ccc(F)cc2)C1=O. The lowest BCUT2D eigenvalue weighted by atomic mass is 10.1. The van der Waals surface area contributed by atoms with Gasteiger partial charge in [0.15, 0.2) is 0 Å². The molecule has 0 aliphatic carbocycles. The summed E-state index contributed by atoms with van der Waals surface area (Å²) in [6.45, 7) is 0. The van der Waals surface area contributed by atoms with Crippen LogP contribution in [0.25, 0.3) is 6.08 Å². The fourth-order valence-electron chi connectivity index (χ4n) is 2.27. The van der Waals surface area contributed by atoms with Gasteiger partial charge in [-0.1, -0.05) is 18.2 Å². The number of methoxy groups -OCH3 is 1. The molecule has 0 saturated carbocycles. The van der Waals surface area contributed by atoms with Crippen molar-refractivity contribution in [3.63, 3.8) is 0 Å². The van der Waals surface area contributed by atoms with Gasteiger partial charge in [0.05, 0.1) is 12.8 Å². The number of rotatable bonds is 3. The molecule has 2 aromatic carbocycles. The normalized spacial score (nSPS) is 15.9. The average molecular weight is 312 g/mol. The summed E-state index contributed by atoms with van der Waals surface area (Å²) in [6.07, 6.45) is 1.47. The number of benzene rings is 2. The van der Waals surface area contributed by atoms with Crippen molar-refractivity contribution in [3.8, 4) is 5.75 Å². The van der Waals surface area contributed by atoms with E-state index >= 15 is 0 Å². The molecule has 0 spiro atoms. The molecule has 3 rings (SSSR count). The number of nitrogens with one attached hydrogen (secondary N) is 1. The van der Waals surface area contributed by atoms with Crippen LogP contribution in [-0.4, -0.2) is 18.9 Å². The summed E-state index contributed by atoms with van der Waals surface area (Å²) < 4.78 is 18.2. The molecule has 1 aliphatic heterocycles. The molecule has 0 atom stereocenters. The van der Waals surface area contributed by atoms with Crippen LogP contribution in [0.4, 0.5) is 10.1 Å². The molecular weight excluding hydrogens is 299 g/mol. The molecule has 2 aromatic rings. The van der Waals surface area contributed by atoms with Crippen LogP contribution < -0.4 is 15.2 Å². The zero-order chi connectivity index (χ0) is 16.4. The lowest BCUT2D eigenvalue weighted by Crippen LogP contribution is -2.35. The summed E-state index contributed by atoms with van der Waals surface area (Å²) in [5.74, 6) is -0.893. The highest BCUT2D eigenvalue weighted by Crippen LogP contribution is 2.25. The monoisotopic (exact) mass is 312 g/mol. The highest BCUT2D eigenvalue weighted by Gasteiger charge is 2.34. The summed E-state index contributed by atoms with van der Waals surface area (Å²) >= 11 is 0. The molecule has 1 N–H and O–H groups in total. The number of amides is 2. The van der Waals surface area contributed by atoms with Crippen molar-refractivity contribution in [2.24, 2.45) is 0 Å². The van der Waals surface area contributed by atoms with Gasteiger partial charge < -0.3 is 4.74 Å². The number of nitrogens with zero attached hydrogens (tertiary/aromatic N) is 1. The van der Waals surface area contributed by atoms with E-state index in [0.717, 1.165) is 5.01 Å². The highest BCUT2D eigenvalue weighted by atomic mass is 19.1. The Labute approximate surface area is 131 Å². The van der Waals surface area contributed by atoms with Gasteiger partial charge in [-0.25, -0.2) is 9.40 Å². The standard InChI is InChI=1S/C17H13FN2O3/c1-23-15-5-3-2-4-11(15)10-14-16(21)19-20(17(14)22)13-8-6-12(18)7-9-13/h2-10H,1H3,(H,19,21)/b14-10-. The molecule has 1 fully saturated rings. The number of para-hydroxylation sites is 1. The summed E-state index contributed by atoms with van der Waals surface area (Å²) in [5.41, 5.74) is 3.45. The Kier molecular flexibility index (Phi) is 3.80. The van der Waals surface area contributed by atoms with Gasteiger partial charge in [0, 0.05) is 5.56 Å². The average Bonchev–Trinajstić information content (AvgIpc) is 2.84. The number of carbonyl (C=O) groups excluding carboxylic acids is 2. The summed E-state index contributed by atoms with van der Waals surface area (Å²) in [4.78, 5) is 24.5. The molecule has 116 valence electrons. The lowest BCUT2D eigenvalue weighted by Gasteiger charge is -2.14. The van der Waals surface area contributed by atoms with E-state index in [0.29, 0.717) is 17.0 Å². The minimum absolute atomic E-state index is 0.0150. The van der Waals surface area contributed by atoms with E-state index in [1.807, 2.05) is 0 Å². The largest absolute Gasteiger partial charge is 0.496 e. The first kappa shape index (κ1) is 14.8. The maximum absolute atomic E-state index is 13.0. The van der Waals surface area contributed by atoms with Crippen molar-refractivity contribution in [1.82, 2.24) is 5.43 Å². The first-order chi connectivity index (χ1) is 11.1. The molecule has 2 amide bonds. The quantitative estimate of drug-likeness (QED) is 0.699. The van der Waals surface area contributed by atoms with E-state index in [4.69, 9.17) is 4.74 Å².